The van der Waals surface area contributed by atoms with E-state index < -0.39 is 5.97 Å². The third kappa shape index (κ3) is 6.78. The summed E-state index contributed by atoms with van der Waals surface area (Å²) in [6, 6.07) is 3.52. The van der Waals surface area contributed by atoms with E-state index in [1.807, 2.05) is 27.7 Å². The number of benzene rings is 1. The molecule has 0 unspecified atom stereocenters. The van der Waals surface area contributed by atoms with Gasteiger partial charge in [0.05, 0.1) is 19.6 Å². The zero-order chi connectivity index (χ0) is 18.1. The SMILES string of the molecule is CCOc1cc(Br)c(CC(=O)OCC(=O)NC(C)C)cc1OCC. The number of hydrogen-bond acceptors (Lipinski definition) is 5. The molecule has 0 radical (unpaired) electrons. The van der Waals surface area contributed by atoms with E-state index in [9.17, 15) is 9.59 Å². The summed E-state index contributed by atoms with van der Waals surface area (Å²) in [5.74, 6) is 0.378. The summed E-state index contributed by atoms with van der Waals surface area (Å²) < 4.78 is 16.8. The minimum absolute atomic E-state index is 0.00482. The highest BCUT2D eigenvalue weighted by molar-refractivity contribution is 9.10. The van der Waals surface area contributed by atoms with Crippen molar-refractivity contribution < 1.29 is 23.8 Å². The molecule has 1 rings (SSSR count). The molecule has 1 aromatic rings. The Morgan fingerprint density at radius 2 is 1.71 bits per heavy atom. The second-order valence-electron chi connectivity index (χ2n) is 5.32. The van der Waals surface area contributed by atoms with Crippen molar-refractivity contribution in [1.82, 2.24) is 5.32 Å². The van der Waals surface area contributed by atoms with Gasteiger partial charge in [0, 0.05) is 10.5 Å². The van der Waals surface area contributed by atoms with Gasteiger partial charge >= 0.3 is 5.97 Å². The number of ether oxygens (including phenoxy) is 3. The molecule has 134 valence electrons. The predicted molar refractivity (Wildman–Crippen MR) is 94.4 cm³/mol. The van der Waals surface area contributed by atoms with Crippen molar-refractivity contribution in [3.05, 3.63) is 22.2 Å². The predicted octanol–water partition coefficient (Wildman–Crippen LogP) is 2.86. The first-order chi connectivity index (χ1) is 11.4. The Morgan fingerprint density at radius 3 is 2.25 bits per heavy atom. The number of esters is 1. The van der Waals surface area contributed by atoms with Crippen LogP contribution in [-0.2, 0) is 20.7 Å². The van der Waals surface area contributed by atoms with Gasteiger partial charge in [-0.15, -0.1) is 0 Å². The smallest absolute Gasteiger partial charge is 0.310 e. The van der Waals surface area contributed by atoms with Gasteiger partial charge in [0.25, 0.3) is 5.91 Å². The molecule has 7 heteroatoms. The van der Waals surface area contributed by atoms with Gasteiger partial charge in [-0.2, -0.15) is 0 Å². The highest BCUT2D eigenvalue weighted by atomic mass is 79.9. The third-order valence-electron chi connectivity index (χ3n) is 2.86. The molecule has 0 saturated heterocycles. The first-order valence-corrected chi connectivity index (χ1v) is 8.69. The monoisotopic (exact) mass is 401 g/mol. The number of rotatable bonds is 9. The molecule has 0 spiro atoms. The molecule has 0 atom stereocenters. The van der Waals surface area contributed by atoms with Crippen molar-refractivity contribution in [2.75, 3.05) is 19.8 Å². The molecular weight excluding hydrogens is 378 g/mol. The van der Waals surface area contributed by atoms with E-state index in [0.29, 0.717) is 30.3 Å². The van der Waals surface area contributed by atoms with Crippen molar-refractivity contribution >= 4 is 27.8 Å². The molecule has 0 bridgehead atoms. The van der Waals surface area contributed by atoms with Crippen LogP contribution in [0.2, 0.25) is 0 Å². The van der Waals surface area contributed by atoms with Crippen LogP contribution in [0.1, 0.15) is 33.3 Å². The van der Waals surface area contributed by atoms with Gasteiger partial charge in [-0.3, -0.25) is 9.59 Å². The maximum Gasteiger partial charge on any atom is 0.310 e. The molecule has 24 heavy (non-hydrogen) atoms. The van der Waals surface area contributed by atoms with Crippen LogP contribution in [0.25, 0.3) is 0 Å². The second-order valence-corrected chi connectivity index (χ2v) is 6.17. The van der Waals surface area contributed by atoms with E-state index >= 15 is 0 Å². The van der Waals surface area contributed by atoms with Crippen molar-refractivity contribution in [2.24, 2.45) is 0 Å². The fourth-order valence-electron chi connectivity index (χ4n) is 1.97. The Hall–Kier alpha value is -1.76. The molecule has 0 saturated carbocycles. The standard InChI is InChI=1S/C17H24BrNO5/c1-5-22-14-7-12(13(18)9-15(14)23-6-2)8-17(21)24-10-16(20)19-11(3)4/h7,9,11H,5-6,8,10H2,1-4H3,(H,19,20). The molecule has 1 aromatic carbocycles. The van der Waals surface area contributed by atoms with E-state index in [1.165, 1.54) is 0 Å². The number of carbonyl (C=O) groups excluding carboxylic acids is 2. The first kappa shape index (κ1) is 20.3. The molecule has 0 heterocycles. The van der Waals surface area contributed by atoms with Crippen LogP contribution in [0.15, 0.2) is 16.6 Å². The summed E-state index contributed by atoms with van der Waals surface area (Å²) in [4.78, 5) is 23.4. The largest absolute Gasteiger partial charge is 0.490 e. The van der Waals surface area contributed by atoms with Crippen molar-refractivity contribution in [1.29, 1.82) is 0 Å². The Labute approximate surface area is 151 Å². The first-order valence-electron chi connectivity index (χ1n) is 7.90. The number of halogens is 1. The van der Waals surface area contributed by atoms with Gasteiger partial charge < -0.3 is 19.5 Å². The van der Waals surface area contributed by atoms with E-state index in [4.69, 9.17) is 14.2 Å². The topological polar surface area (TPSA) is 73.9 Å². The second kappa shape index (κ2) is 10.2. The lowest BCUT2D eigenvalue weighted by atomic mass is 10.1. The highest BCUT2D eigenvalue weighted by Gasteiger charge is 2.15. The van der Waals surface area contributed by atoms with E-state index in [2.05, 4.69) is 21.2 Å². The lowest BCUT2D eigenvalue weighted by molar-refractivity contribution is -0.148. The number of hydrogen-bond donors (Lipinski definition) is 1. The van der Waals surface area contributed by atoms with Gasteiger partial charge in [0.15, 0.2) is 18.1 Å². The number of carbonyl (C=O) groups is 2. The normalized spacial score (nSPS) is 10.4. The molecule has 0 aliphatic heterocycles. The maximum atomic E-state index is 11.9. The van der Waals surface area contributed by atoms with Gasteiger partial charge in [0.1, 0.15) is 0 Å². The number of amides is 1. The van der Waals surface area contributed by atoms with Crippen LogP contribution < -0.4 is 14.8 Å². The highest BCUT2D eigenvalue weighted by Crippen LogP contribution is 2.34. The average Bonchev–Trinajstić information content (AvgIpc) is 2.49. The lowest BCUT2D eigenvalue weighted by Crippen LogP contribution is -2.34. The van der Waals surface area contributed by atoms with Crippen LogP contribution in [0.3, 0.4) is 0 Å². The summed E-state index contributed by atoms with van der Waals surface area (Å²) in [5.41, 5.74) is 0.705. The number of nitrogens with one attached hydrogen (secondary N) is 1. The summed E-state index contributed by atoms with van der Waals surface area (Å²) in [5, 5.41) is 2.66. The van der Waals surface area contributed by atoms with Crippen LogP contribution in [-0.4, -0.2) is 37.7 Å². The van der Waals surface area contributed by atoms with Gasteiger partial charge in [-0.1, -0.05) is 15.9 Å². The Bertz CT molecular complexity index is 574. The summed E-state index contributed by atoms with van der Waals surface area (Å²) in [7, 11) is 0. The zero-order valence-electron chi connectivity index (χ0n) is 14.5. The molecule has 1 N–H and O–H groups in total. The fraction of sp³-hybridized carbons (Fsp3) is 0.529. The molecule has 1 amide bonds. The minimum Gasteiger partial charge on any atom is -0.490 e. The van der Waals surface area contributed by atoms with Crippen molar-refractivity contribution in [2.45, 2.75) is 40.2 Å². The quantitative estimate of drug-likeness (QED) is 0.643. The zero-order valence-corrected chi connectivity index (χ0v) is 16.1. The van der Waals surface area contributed by atoms with Crippen molar-refractivity contribution in [3.63, 3.8) is 0 Å². The Kier molecular flexibility index (Phi) is 8.60. The van der Waals surface area contributed by atoms with E-state index in [0.717, 1.165) is 4.47 Å². The lowest BCUT2D eigenvalue weighted by Gasteiger charge is -2.14. The van der Waals surface area contributed by atoms with Crippen LogP contribution >= 0.6 is 15.9 Å². The summed E-state index contributed by atoms with van der Waals surface area (Å²) >= 11 is 3.42. The van der Waals surface area contributed by atoms with Gasteiger partial charge in [0.2, 0.25) is 0 Å². The maximum absolute atomic E-state index is 11.9. The molecule has 0 aliphatic rings. The fourth-order valence-corrected chi connectivity index (χ4v) is 2.43. The van der Waals surface area contributed by atoms with Crippen molar-refractivity contribution in [3.8, 4) is 11.5 Å². The van der Waals surface area contributed by atoms with Gasteiger partial charge in [-0.05, 0) is 45.4 Å². The average molecular weight is 402 g/mol. The van der Waals surface area contributed by atoms with Crippen LogP contribution in [0, 0.1) is 0 Å². The van der Waals surface area contributed by atoms with Crippen LogP contribution in [0.5, 0.6) is 11.5 Å². The minimum atomic E-state index is -0.485. The molecule has 0 aliphatic carbocycles. The van der Waals surface area contributed by atoms with Gasteiger partial charge in [-0.25, -0.2) is 0 Å². The molecule has 0 aromatic heterocycles. The summed E-state index contributed by atoms with van der Waals surface area (Å²) in [6.07, 6.45) is 0.0298. The van der Waals surface area contributed by atoms with E-state index in [1.54, 1.807) is 12.1 Å². The van der Waals surface area contributed by atoms with Crippen LogP contribution in [0.4, 0.5) is 0 Å². The van der Waals surface area contributed by atoms with E-state index in [-0.39, 0.29) is 25.0 Å². The third-order valence-corrected chi connectivity index (χ3v) is 3.60. The molecular formula is C17H24BrNO5. The Balaban J connectivity index is 2.74. The molecule has 6 nitrogen and oxygen atoms in total. The Morgan fingerprint density at radius 1 is 1.12 bits per heavy atom. The molecule has 0 fully saturated rings. The summed E-state index contributed by atoms with van der Waals surface area (Å²) in [6.45, 7) is 8.15.